The second-order valence-corrected chi connectivity index (χ2v) is 5.19. The van der Waals surface area contributed by atoms with Crippen LogP contribution in [0.2, 0.25) is 0 Å². The van der Waals surface area contributed by atoms with E-state index < -0.39 is 0 Å². The van der Waals surface area contributed by atoms with Gasteiger partial charge in [0.05, 0.1) is 11.9 Å². The molecular formula is C16H19N3O. The summed E-state index contributed by atoms with van der Waals surface area (Å²) in [6.07, 6.45) is 3.09. The van der Waals surface area contributed by atoms with Crippen molar-refractivity contribution in [3.05, 3.63) is 53.1 Å². The minimum Gasteiger partial charge on any atom is -0.320 e. The number of anilines is 1. The van der Waals surface area contributed by atoms with Gasteiger partial charge in [-0.1, -0.05) is 32.0 Å². The first-order valence-corrected chi connectivity index (χ1v) is 6.68. The summed E-state index contributed by atoms with van der Waals surface area (Å²) in [7, 11) is 0. The van der Waals surface area contributed by atoms with Gasteiger partial charge >= 0.3 is 0 Å². The van der Waals surface area contributed by atoms with Gasteiger partial charge in [-0.05, 0) is 30.9 Å². The molecule has 104 valence electrons. The minimum absolute atomic E-state index is 0.228. The Morgan fingerprint density at radius 3 is 2.50 bits per heavy atom. The van der Waals surface area contributed by atoms with Gasteiger partial charge in [-0.15, -0.1) is 0 Å². The molecule has 0 saturated carbocycles. The lowest BCUT2D eigenvalue weighted by molar-refractivity contribution is 0.102. The molecular weight excluding hydrogens is 250 g/mol. The molecule has 2 aromatic rings. The number of aryl methyl sites for hydroxylation is 2. The SMILES string of the molecule is Cc1cnc(C(=O)Nc2c(C)cccc2C(C)C)cn1. The lowest BCUT2D eigenvalue weighted by Gasteiger charge is -2.16. The van der Waals surface area contributed by atoms with Crippen LogP contribution in [0.15, 0.2) is 30.6 Å². The highest BCUT2D eigenvalue weighted by atomic mass is 16.1. The van der Waals surface area contributed by atoms with Crippen LogP contribution in [0.5, 0.6) is 0 Å². The van der Waals surface area contributed by atoms with Crippen molar-refractivity contribution in [2.24, 2.45) is 0 Å². The fourth-order valence-electron chi connectivity index (χ4n) is 2.03. The van der Waals surface area contributed by atoms with Gasteiger partial charge in [-0.25, -0.2) is 4.98 Å². The molecule has 1 aromatic carbocycles. The summed E-state index contributed by atoms with van der Waals surface area (Å²) in [6.45, 7) is 8.04. The van der Waals surface area contributed by atoms with Crippen LogP contribution in [0.3, 0.4) is 0 Å². The summed E-state index contributed by atoms with van der Waals surface area (Å²) in [5.74, 6) is 0.114. The fraction of sp³-hybridized carbons (Fsp3) is 0.312. The van der Waals surface area contributed by atoms with Crippen molar-refractivity contribution >= 4 is 11.6 Å². The highest BCUT2D eigenvalue weighted by Crippen LogP contribution is 2.27. The number of nitrogens with zero attached hydrogens (tertiary/aromatic N) is 2. The Labute approximate surface area is 119 Å². The third kappa shape index (κ3) is 3.02. The number of benzene rings is 1. The molecule has 0 aliphatic carbocycles. The zero-order valence-electron chi connectivity index (χ0n) is 12.3. The molecule has 0 atom stereocenters. The lowest BCUT2D eigenvalue weighted by atomic mass is 9.98. The number of carbonyl (C=O) groups excluding carboxylic acids is 1. The van der Waals surface area contributed by atoms with E-state index in [4.69, 9.17) is 0 Å². The topological polar surface area (TPSA) is 54.9 Å². The Morgan fingerprint density at radius 2 is 1.90 bits per heavy atom. The molecule has 0 unspecified atom stereocenters. The number of hydrogen-bond donors (Lipinski definition) is 1. The number of hydrogen-bond acceptors (Lipinski definition) is 3. The van der Waals surface area contributed by atoms with Crippen LogP contribution in [0, 0.1) is 13.8 Å². The van der Waals surface area contributed by atoms with Crippen molar-refractivity contribution in [1.29, 1.82) is 0 Å². The van der Waals surface area contributed by atoms with Crippen molar-refractivity contribution in [2.75, 3.05) is 5.32 Å². The fourth-order valence-corrected chi connectivity index (χ4v) is 2.03. The monoisotopic (exact) mass is 269 g/mol. The number of para-hydroxylation sites is 1. The molecule has 4 nitrogen and oxygen atoms in total. The van der Waals surface area contributed by atoms with Crippen LogP contribution in [0.1, 0.15) is 47.1 Å². The van der Waals surface area contributed by atoms with E-state index in [1.54, 1.807) is 6.20 Å². The van der Waals surface area contributed by atoms with E-state index in [0.29, 0.717) is 11.6 Å². The smallest absolute Gasteiger partial charge is 0.275 e. The average Bonchev–Trinajstić information content (AvgIpc) is 2.41. The van der Waals surface area contributed by atoms with Crippen LogP contribution in [-0.2, 0) is 0 Å². The summed E-state index contributed by atoms with van der Waals surface area (Å²) < 4.78 is 0. The molecule has 2 rings (SSSR count). The Morgan fingerprint density at radius 1 is 1.15 bits per heavy atom. The second kappa shape index (κ2) is 5.82. The van der Waals surface area contributed by atoms with Gasteiger partial charge in [-0.3, -0.25) is 9.78 Å². The highest BCUT2D eigenvalue weighted by molar-refractivity contribution is 6.03. The van der Waals surface area contributed by atoms with Gasteiger partial charge in [0.1, 0.15) is 5.69 Å². The summed E-state index contributed by atoms with van der Waals surface area (Å²) >= 11 is 0. The van der Waals surface area contributed by atoms with Crippen molar-refractivity contribution in [1.82, 2.24) is 9.97 Å². The zero-order chi connectivity index (χ0) is 14.7. The molecule has 0 aliphatic heterocycles. The Balaban J connectivity index is 2.30. The molecule has 4 heteroatoms. The maximum atomic E-state index is 12.2. The van der Waals surface area contributed by atoms with E-state index in [9.17, 15) is 4.79 Å². The third-order valence-electron chi connectivity index (χ3n) is 3.18. The number of amides is 1. The Kier molecular flexibility index (Phi) is 4.13. The standard InChI is InChI=1S/C16H19N3O/c1-10(2)13-7-5-6-11(3)15(13)19-16(20)14-9-17-12(4)8-18-14/h5-10H,1-4H3,(H,19,20). The van der Waals surface area contributed by atoms with Gasteiger partial charge in [0.25, 0.3) is 5.91 Å². The quantitative estimate of drug-likeness (QED) is 0.928. The van der Waals surface area contributed by atoms with E-state index in [1.807, 2.05) is 32.0 Å². The number of aromatic nitrogens is 2. The van der Waals surface area contributed by atoms with Crippen LogP contribution >= 0.6 is 0 Å². The van der Waals surface area contributed by atoms with E-state index in [0.717, 1.165) is 22.5 Å². The first kappa shape index (κ1) is 14.2. The predicted molar refractivity (Wildman–Crippen MR) is 80.0 cm³/mol. The number of rotatable bonds is 3. The van der Waals surface area contributed by atoms with Gasteiger partial charge in [-0.2, -0.15) is 0 Å². The molecule has 20 heavy (non-hydrogen) atoms. The summed E-state index contributed by atoms with van der Waals surface area (Å²) in [5, 5.41) is 2.95. The molecule has 0 saturated heterocycles. The summed E-state index contributed by atoms with van der Waals surface area (Å²) in [4.78, 5) is 20.4. The van der Waals surface area contributed by atoms with Crippen LogP contribution in [-0.4, -0.2) is 15.9 Å². The molecule has 0 spiro atoms. The predicted octanol–water partition coefficient (Wildman–Crippen LogP) is 3.47. The molecule has 0 aliphatic rings. The molecule has 0 fully saturated rings. The first-order valence-electron chi connectivity index (χ1n) is 6.68. The van der Waals surface area contributed by atoms with Gasteiger partial charge < -0.3 is 5.32 Å². The average molecular weight is 269 g/mol. The van der Waals surface area contributed by atoms with Gasteiger partial charge in [0.2, 0.25) is 0 Å². The Hall–Kier alpha value is -2.23. The van der Waals surface area contributed by atoms with Crippen LogP contribution in [0.4, 0.5) is 5.69 Å². The number of nitrogens with one attached hydrogen (secondary N) is 1. The van der Waals surface area contributed by atoms with E-state index in [1.165, 1.54) is 6.20 Å². The largest absolute Gasteiger partial charge is 0.320 e. The summed E-state index contributed by atoms with van der Waals surface area (Å²) in [6, 6.07) is 6.03. The zero-order valence-corrected chi connectivity index (χ0v) is 12.3. The minimum atomic E-state index is -0.228. The molecule has 0 bridgehead atoms. The van der Waals surface area contributed by atoms with E-state index >= 15 is 0 Å². The van der Waals surface area contributed by atoms with Gasteiger partial charge in [0.15, 0.2) is 0 Å². The van der Waals surface area contributed by atoms with Crippen LogP contribution in [0.25, 0.3) is 0 Å². The first-order chi connectivity index (χ1) is 9.49. The van der Waals surface area contributed by atoms with Crippen molar-refractivity contribution in [3.63, 3.8) is 0 Å². The van der Waals surface area contributed by atoms with Crippen LogP contribution < -0.4 is 5.32 Å². The normalized spacial score (nSPS) is 10.7. The number of carbonyl (C=O) groups is 1. The maximum Gasteiger partial charge on any atom is 0.275 e. The molecule has 1 aromatic heterocycles. The molecule has 1 heterocycles. The molecule has 1 N–H and O–H groups in total. The maximum absolute atomic E-state index is 12.2. The van der Waals surface area contributed by atoms with E-state index in [2.05, 4.69) is 29.1 Å². The highest BCUT2D eigenvalue weighted by Gasteiger charge is 2.14. The third-order valence-corrected chi connectivity index (χ3v) is 3.18. The van der Waals surface area contributed by atoms with Crippen molar-refractivity contribution in [2.45, 2.75) is 33.6 Å². The van der Waals surface area contributed by atoms with Crippen molar-refractivity contribution in [3.8, 4) is 0 Å². The van der Waals surface area contributed by atoms with Crippen molar-refractivity contribution < 1.29 is 4.79 Å². The second-order valence-electron chi connectivity index (χ2n) is 5.19. The van der Waals surface area contributed by atoms with Gasteiger partial charge in [0, 0.05) is 11.9 Å². The van der Waals surface area contributed by atoms with E-state index in [-0.39, 0.29) is 5.91 Å². The summed E-state index contributed by atoms with van der Waals surface area (Å²) in [5.41, 5.74) is 4.16. The molecule has 1 amide bonds. The Bertz CT molecular complexity index is 618. The lowest BCUT2D eigenvalue weighted by Crippen LogP contribution is -2.16. The molecule has 0 radical (unpaired) electrons.